The molecule has 2 bridgehead atoms. The third-order valence-corrected chi connectivity index (χ3v) is 7.81. The lowest BCUT2D eigenvalue weighted by Gasteiger charge is -2.18. The Morgan fingerprint density at radius 2 is 1.03 bits per heavy atom. The van der Waals surface area contributed by atoms with Crippen molar-refractivity contribution in [2.75, 3.05) is 13.2 Å². The normalized spacial score (nSPS) is 15.3. The molecule has 0 radical (unpaired) electrons. The van der Waals surface area contributed by atoms with Gasteiger partial charge in [-0.1, -0.05) is 92.4 Å². The molecule has 2 nitrogen and oxygen atoms in total. The lowest BCUT2D eigenvalue weighted by atomic mass is 9.90. The van der Waals surface area contributed by atoms with Gasteiger partial charge in [-0.15, -0.1) is 0 Å². The molecule has 6 aromatic rings. The molecule has 0 amide bonds. The van der Waals surface area contributed by atoms with Crippen molar-refractivity contribution in [3.05, 3.63) is 84.9 Å². The summed E-state index contributed by atoms with van der Waals surface area (Å²) >= 11 is 0. The molecule has 178 valence electrons. The van der Waals surface area contributed by atoms with Gasteiger partial charge in [-0.2, -0.15) is 0 Å². The van der Waals surface area contributed by atoms with E-state index in [9.17, 15) is 0 Å². The van der Waals surface area contributed by atoms with E-state index in [1.165, 1.54) is 79.5 Å². The number of ether oxygens (including phenoxy) is 2. The quantitative estimate of drug-likeness (QED) is 0.206. The molecule has 6 aromatic carbocycles. The molecule has 1 aliphatic heterocycles. The van der Waals surface area contributed by atoms with Gasteiger partial charge < -0.3 is 9.47 Å². The Labute approximate surface area is 211 Å². The molecule has 0 aliphatic carbocycles. The maximum absolute atomic E-state index is 6.52. The molecule has 0 N–H and O–H groups in total. The van der Waals surface area contributed by atoms with Gasteiger partial charge in [0.2, 0.25) is 0 Å². The summed E-state index contributed by atoms with van der Waals surface area (Å²) in [5, 5.41) is 12.4. The highest BCUT2D eigenvalue weighted by Gasteiger charge is 2.17. The SMILES string of the molecule is c1ccc2c(c1)ccc1ccc3c4cc5ccc6cccc(c6c5c3c12)OCCCCCCCCO4. The molecule has 1 aliphatic rings. The van der Waals surface area contributed by atoms with Crippen molar-refractivity contribution in [1.82, 2.24) is 0 Å². The summed E-state index contributed by atoms with van der Waals surface area (Å²) in [6, 6.07) is 30.9. The molecule has 0 spiro atoms. The third kappa shape index (κ3) is 3.55. The largest absolute Gasteiger partial charge is 0.493 e. The summed E-state index contributed by atoms with van der Waals surface area (Å²) < 4.78 is 13.0. The van der Waals surface area contributed by atoms with E-state index in [0.717, 1.165) is 37.6 Å². The lowest BCUT2D eigenvalue weighted by Crippen LogP contribution is -2.01. The van der Waals surface area contributed by atoms with Crippen LogP contribution in [-0.2, 0) is 0 Å². The van der Waals surface area contributed by atoms with E-state index in [2.05, 4.69) is 84.9 Å². The zero-order chi connectivity index (χ0) is 23.9. The predicted molar refractivity (Wildman–Crippen MR) is 153 cm³/mol. The van der Waals surface area contributed by atoms with Crippen LogP contribution in [-0.4, -0.2) is 13.2 Å². The number of fused-ring (bicyclic) bond motifs is 3. The second-order valence-corrected chi connectivity index (χ2v) is 10.1. The van der Waals surface area contributed by atoms with Crippen LogP contribution in [0.2, 0.25) is 0 Å². The molecule has 0 saturated heterocycles. The fraction of sp³-hybridized carbons (Fsp3) is 0.235. The van der Waals surface area contributed by atoms with E-state index >= 15 is 0 Å². The van der Waals surface area contributed by atoms with Crippen LogP contribution in [0.1, 0.15) is 38.5 Å². The number of hydrogen-bond acceptors (Lipinski definition) is 2. The van der Waals surface area contributed by atoms with E-state index < -0.39 is 0 Å². The minimum atomic E-state index is 0.760. The molecule has 0 aromatic heterocycles. The molecule has 7 rings (SSSR count). The van der Waals surface area contributed by atoms with Crippen LogP contribution >= 0.6 is 0 Å². The Bertz CT molecular complexity index is 1750. The second-order valence-electron chi connectivity index (χ2n) is 10.1. The number of benzene rings is 6. The predicted octanol–water partition coefficient (Wildman–Crippen LogP) is 9.56. The minimum Gasteiger partial charge on any atom is -0.493 e. The smallest absolute Gasteiger partial charge is 0.127 e. The maximum Gasteiger partial charge on any atom is 0.127 e. The van der Waals surface area contributed by atoms with Crippen molar-refractivity contribution >= 4 is 53.9 Å². The van der Waals surface area contributed by atoms with E-state index in [1.54, 1.807) is 0 Å². The van der Waals surface area contributed by atoms with Gasteiger partial charge in [0.1, 0.15) is 11.5 Å². The zero-order valence-electron chi connectivity index (χ0n) is 20.6. The Balaban J connectivity index is 1.67. The van der Waals surface area contributed by atoms with Crippen molar-refractivity contribution in [2.24, 2.45) is 0 Å². The Morgan fingerprint density at radius 1 is 0.389 bits per heavy atom. The second kappa shape index (κ2) is 9.02. The van der Waals surface area contributed by atoms with Gasteiger partial charge in [-0.3, -0.25) is 0 Å². The molecule has 1 heterocycles. The Kier molecular flexibility index (Phi) is 5.39. The van der Waals surface area contributed by atoms with Gasteiger partial charge in [-0.25, -0.2) is 0 Å². The van der Waals surface area contributed by atoms with Crippen LogP contribution in [0.4, 0.5) is 0 Å². The summed E-state index contributed by atoms with van der Waals surface area (Å²) in [5.74, 6) is 1.97. The first-order chi connectivity index (χ1) is 17.9. The molecule has 2 heteroatoms. The summed E-state index contributed by atoms with van der Waals surface area (Å²) in [6.45, 7) is 1.52. The first-order valence-corrected chi connectivity index (χ1v) is 13.4. The van der Waals surface area contributed by atoms with Gasteiger partial charge in [-0.05, 0) is 63.4 Å². The summed E-state index contributed by atoms with van der Waals surface area (Å²) in [5.41, 5.74) is 0. The van der Waals surface area contributed by atoms with Crippen LogP contribution in [0.25, 0.3) is 53.9 Å². The molecule has 0 saturated carbocycles. The topological polar surface area (TPSA) is 18.5 Å². The monoisotopic (exact) mass is 470 g/mol. The van der Waals surface area contributed by atoms with Gasteiger partial charge in [0.25, 0.3) is 0 Å². The highest BCUT2D eigenvalue weighted by Crippen LogP contribution is 2.45. The van der Waals surface area contributed by atoms with Crippen molar-refractivity contribution < 1.29 is 9.47 Å². The standard InChI is InChI=1S/C34H30O2/c1-2-4-8-21-36-30-22-26-17-16-24-11-9-13-29(35-20-7-3-1)32(24)33(26)34-28(30)19-18-25-15-14-23-10-5-6-12-27(23)31(25)34/h5-6,9-19,22H,1-4,7-8,20-21H2. The molecule has 0 unspecified atom stereocenters. The minimum absolute atomic E-state index is 0.760. The average Bonchev–Trinajstić information content (AvgIpc) is 2.92. The summed E-state index contributed by atoms with van der Waals surface area (Å²) in [7, 11) is 0. The van der Waals surface area contributed by atoms with E-state index in [0.29, 0.717) is 0 Å². The van der Waals surface area contributed by atoms with Crippen LogP contribution in [0.15, 0.2) is 84.9 Å². The maximum atomic E-state index is 6.52. The van der Waals surface area contributed by atoms with E-state index in [-0.39, 0.29) is 0 Å². The fourth-order valence-corrected chi connectivity index (χ4v) is 6.05. The highest BCUT2D eigenvalue weighted by molar-refractivity contribution is 6.33. The van der Waals surface area contributed by atoms with Crippen molar-refractivity contribution in [3.8, 4) is 11.5 Å². The van der Waals surface area contributed by atoms with Crippen LogP contribution in [0, 0.1) is 0 Å². The molecule has 0 atom stereocenters. The van der Waals surface area contributed by atoms with Crippen LogP contribution in [0.5, 0.6) is 11.5 Å². The average molecular weight is 471 g/mol. The van der Waals surface area contributed by atoms with Crippen molar-refractivity contribution in [2.45, 2.75) is 38.5 Å². The first kappa shape index (κ1) is 21.5. The van der Waals surface area contributed by atoms with Gasteiger partial charge in [0, 0.05) is 21.5 Å². The van der Waals surface area contributed by atoms with Crippen molar-refractivity contribution in [1.29, 1.82) is 0 Å². The zero-order valence-corrected chi connectivity index (χ0v) is 20.6. The van der Waals surface area contributed by atoms with Gasteiger partial charge >= 0.3 is 0 Å². The molecule has 36 heavy (non-hydrogen) atoms. The first-order valence-electron chi connectivity index (χ1n) is 13.4. The van der Waals surface area contributed by atoms with Crippen LogP contribution < -0.4 is 9.47 Å². The van der Waals surface area contributed by atoms with E-state index in [1.807, 2.05) is 0 Å². The molecular formula is C34H30O2. The number of rotatable bonds is 0. The Hall–Kier alpha value is -3.78. The van der Waals surface area contributed by atoms with Gasteiger partial charge in [0.15, 0.2) is 0 Å². The third-order valence-electron chi connectivity index (χ3n) is 7.81. The summed E-state index contributed by atoms with van der Waals surface area (Å²) in [4.78, 5) is 0. The fourth-order valence-electron chi connectivity index (χ4n) is 6.05. The van der Waals surface area contributed by atoms with Crippen molar-refractivity contribution in [3.63, 3.8) is 0 Å². The summed E-state index contributed by atoms with van der Waals surface area (Å²) in [6.07, 6.45) is 7.13. The number of hydrogen-bond donors (Lipinski definition) is 0. The van der Waals surface area contributed by atoms with Gasteiger partial charge in [0.05, 0.1) is 13.2 Å². The highest BCUT2D eigenvalue weighted by atomic mass is 16.5. The Morgan fingerprint density at radius 3 is 1.89 bits per heavy atom. The lowest BCUT2D eigenvalue weighted by molar-refractivity contribution is 0.300. The molecule has 0 fully saturated rings. The van der Waals surface area contributed by atoms with E-state index in [4.69, 9.17) is 9.47 Å². The van der Waals surface area contributed by atoms with Crippen LogP contribution in [0.3, 0.4) is 0 Å². The molecular weight excluding hydrogens is 440 g/mol.